The standard InChI is InChI=1S/C14H18ClN3OS/c1-14(2,16)7-6-13-17-12(18-19-13)9-20-11-5-3-4-10(15)8-11/h3-5,8H,6-7,9,16H2,1-2H3. The normalized spacial score (nSPS) is 11.8. The summed E-state index contributed by atoms with van der Waals surface area (Å²) in [4.78, 5) is 5.45. The van der Waals surface area contributed by atoms with E-state index >= 15 is 0 Å². The summed E-state index contributed by atoms with van der Waals surface area (Å²) < 4.78 is 5.22. The smallest absolute Gasteiger partial charge is 0.226 e. The molecule has 0 unspecified atom stereocenters. The number of hydrogen-bond donors (Lipinski definition) is 1. The number of thioether (sulfide) groups is 1. The minimum Gasteiger partial charge on any atom is -0.339 e. The fourth-order valence-corrected chi connectivity index (χ4v) is 2.64. The van der Waals surface area contributed by atoms with Gasteiger partial charge < -0.3 is 10.3 Å². The van der Waals surface area contributed by atoms with Crippen molar-refractivity contribution in [2.45, 2.75) is 42.9 Å². The molecule has 108 valence electrons. The largest absolute Gasteiger partial charge is 0.339 e. The molecular weight excluding hydrogens is 294 g/mol. The number of aromatic nitrogens is 2. The maximum Gasteiger partial charge on any atom is 0.226 e. The van der Waals surface area contributed by atoms with E-state index in [0.29, 0.717) is 23.9 Å². The van der Waals surface area contributed by atoms with Gasteiger partial charge in [0.15, 0.2) is 5.82 Å². The number of halogens is 1. The molecule has 0 spiro atoms. The van der Waals surface area contributed by atoms with Crippen LogP contribution in [0.5, 0.6) is 0 Å². The molecule has 0 amide bonds. The first-order valence-corrected chi connectivity index (χ1v) is 7.77. The van der Waals surface area contributed by atoms with Crippen LogP contribution in [-0.4, -0.2) is 15.7 Å². The van der Waals surface area contributed by atoms with Gasteiger partial charge in [0.2, 0.25) is 5.89 Å². The molecule has 2 rings (SSSR count). The number of aryl methyl sites for hydroxylation is 1. The van der Waals surface area contributed by atoms with Crippen LogP contribution in [-0.2, 0) is 12.2 Å². The van der Waals surface area contributed by atoms with E-state index < -0.39 is 0 Å². The van der Waals surface area contributed by atoms with Crippen LogP contribution in [0.3, 0.4) is 0 Å². The van der Waals surface area contributed by atoms with Crippen LogP contribution in [0.25, 0.3) is 0 Å². The zero-order valence-electron chi connectivity index (χ0n) is 11.6. The molecule has 6 heteroatoms. The first-order valence-electron chi connectivity index (χ1n) is 6.41. The molecule has 0 atom stereocenters. The molecule has 0 bridgehead atoms. The summed E-state index contributed by atoms with van der Waals surface area (Å²) in [5.41, 5.74) is 5.71. The Labute approximate surface area is 128 Å². The third-order valence-electron chi connectivity index (χ3n) is 2.66. The lowest BCUT2D eigenvalue weighted by molar-refractivity contribution is 0.355. The van der Waals surface area contributed by atoms with Crippen LogP contribution >= 0.6 is 23.4 Å². The molecule has 0 radical (unpaired) electrons. The predicted octanol–water partition coefficient (Wildman–Crippen LogP) is 3.69. The number of benzene rings is 1. The van der Waals surface area contributed by atoms with E-state index in [1.54, 1.807) is 11.8 Å². The highest BCUT2D eigenvalue weighted by Gasteiger charge is 2.14. The topological polar surface area (TPSA) is 64.9 Å². The SMILES string of the molecule is CC(C)(N)CCc1nc(CSc2cccc(Cl)c2)no1. The van der Waals surface area contributed by atoms with E-state index in [9.17, 15) is 0 Å². The van der Waals surface area contributed by atoms with Gasteiger partial charge in [-0.05, 0) is 38.5 Å². The molecule has 4 nitrogen and oxygen atoms in total. The number of nitrogens with two attached hydrogens (primary N) is 1. The van der Waals surface area contributed by atoms with E-state index in [4.69, 9.17) is 21.9 Å². The van der Waals surface area contributed by atoms with Crippen molar-refractivity contribution in [3.63, 3.8) is 0 Å². The zero-order chi connectivity index (χ0) is 14.6. The van der Waals surface area contributed by atoms with Gasteiger partial charge in [0.1, 0.15) is 0 Å². The van der Waals surface area contributed by atoms with E-state index in [1.165, 1.54) is 0 Å². The van der Waals surface area contributed by atoms with Crippen molar-refractivity contribution in [3.05, 3.63) is 41.0 Å². The first kappa shape index (κ1) is 15.4. The van der Waals surface area contributed by atoms with E-state index in [1.807, 2.05) is 38.1 Å². The third-order valence-corrected chi connectivity index (χ3v) is 3.88. The fourth-order valence-electron chi connectivity index (χ4n) is 1.58. The molecule has 0 saturated heterocycles. The molecule has 1 aromatic heterocycles. The van der Waals surface area contributed by atoms with Crippen LogP contribution in [0.15, 0.2) is 33.7 Å². The summed E-state index contributed by atoms with van der Waals surface area (Å²) in [5.74, 6) is 2.00. The van der Waals surface area contributed by atoms with E-state index in [2.05, 4.69) is 10.1 Å². The molecule has 20 heavy (non-hydrogen) atoms. The average molecular weight is 312 g/mol. The van der Waals surface area contributed by atoms with Gasteiger partial charge in [-0.3, -0.25) is 0 Å². The Morgan fingerprint density at radius 3 is 2.90 bits per heavy atom. The Hall–Kier alpha value is -1.04. The van der Waals surface area contributed by atoms with Gasteiger partial charge in [-0.1, -0.05) is 22.8 Å². The summed E-state index contributed by atoms with van der Waals surface area (Å²) >= 11 is 7.57. The molecule has 0 aliphatic carbocycles. The highest BCUT2D eigenvalue weighted by Crippen LogP contribution is 2.24. The van der Waals surface area contributed by atoms with Gasteiger partial charge in [-0.2, -0.15) is 4.98 Å². The predicted molar refractivity (Wildman–Crippen MR) is 81.9 cm³/mol. The average Bonchev–Trinajstić information content (AvgIpc) is 2.81. The molecule has 2 aromatic rings. The molecule has 2 N–H and O–H groups in total. The lowest BCUT2D eigenvalue weighted by Crippen LogP contribution is -2.32. The highest BCUT2D eigenvalue weighted by molar-refractivity contribution is 7.98. The van der Waals surface area contributed by atoms with Crippen molar-refractivity contribution >= 4 is 23.4 Å². The molecule has 0 aliphatic heterocycles. The van der Waals surface area contributed by atoms with E-state index in [0.717, 1.165) is 16.3 Å². The van der Waals surface area contributed by atoms with Crippen molar-refractivity contribution in [1.82, 2.24) is 10.1 Å². The highest BCUT2D eigenvalue weighted by atomic mass is 35.5. The maximum atomic E-state index is 5.94. The van der Waals surface area contributed by atoms with Crippen molar-refractivity contribution in [3.8, 4) is 0 Å². The Morgan fingerprint density at radius 1 is 1.40 bits per heavy atom. The van der Waals surface area contributed by atoms with Crippen LogP contribution in [0, 0.1) is 0 Å². The van der Waals surface area contributed by atoms with Crippen LogP contribution < -0.4 is 5.73 Å². The van der Waals surface area contributed by atoms with Crippen molar-refractivity contribution in [2.75, 3.05) is 0 Å². The molecular formula is C14H18ClN3OS. The number of hydrogen-bond acceptors (Lipinski definition) is 5. The molecule has 0 aliphatic rings. The van der Waals surface area contributed by atoms with Crippen molar-refractivity contribution in [1.29, 1.82) is 0 Å². The summed E-state index contributed by atoms with van der Waals surface area (Å²) in [6.45, 7) is 3.97. The Bertz CT molecular complexity index is 566. The van der Waals surface area contributed by atoms with Gasteiger partial charge in [-0.25, -0.2) is 0 Å². The monoisotopic (exact) mass is 311 g/mol. The third kappa shape index (κ3) is 5.15. The maximum absolute atomic E-state index is 5.94. The van der Waals surface area contributed by atoms with Gasteiger partial charge >= 0.3 is 0 Å². The lowest BCUT2D eigenvalue weighted by atomic mass is 10.0. The van der Waals surface area contributed by atoms with Crippen LogP contribution in [0.1, 0.15) is 32.0 Å². The summed E-state index contributed by atoms with van der Waals surface area (Å²) in [6, 6.07) is 7.71. The molecule has 0 saturated carbocycles. The van der Waals surface area contributed by atoms with Crippen LogP contribution in [0.4, 0.5) is 0 Å². The second kappa shape index (κ2) is 6.61. The van der Waals surface area contributed by atoms with Crippen molar-refractivity contribution in [2.24, 2.45) is 5.73 Å². The second-order valence-corrected chi connectivity index (χ2v) is 6.82. The van der Waals surface area contributed by atoms with Gasteiger partial charge in [0, 0.05) is 21.9 Å². The first-order chi connectivity index (χ1) is 9.42. The van der Waals surface area contributed by atoms with E-state index in [-0.39, 0.29) is 5.54 Å². The number of nitrogens with zero attached hydrogens (tertiary/aromatic N) is 2. The molecule has 1 aromatic carbocycles. The van der Waals surface area contributed by atoms with Gasteiger partial charge in [-0.15, -0.1) is 11.8 Å². The van der Waals surface area contributed by atoms with Crippen LogP contribution in [0.2, 0.25) is 5.02 Å². The second-order valence-electron chi connectivity index (χ2n) is 5.34. The molecule has 1 heterocycles. The zero-order valence-corrected chi connectivity index (χ0v) is 13.2. The summed E-state index contributed by atoms with van der Waals surface area (Å²) in [6.07, 6.45) is 1.52. The quantitative estimate of drug-likeness (QED) is 0.824. The Morgan fingerprint density at radius 2 is 2.20 bits per heavy atom. The molecule has 0 fully saturated rings. The summed E-state index contributed by atoms with van der Waals surface area (Å²) in [7, 11) is 0. The van der Waals surface area contributed by atoms with Gasteiger partial charge in [0.25, 0.3) is 0 Å². The van der Waals surface area contributed by atoms with Gasteiger partial charge in [0.05, 0.1) is 5.75 Å². The number of rotatable bonds is 6. The Balaban J connectivity index is 1.87. The van der Waals surface area contributed by atoms with Crippen molar-refractivity contribution < 1.29 is 4.52 Å². The summed E-state index contributed by atoms with van der Waals surface area (Å²) in [5, 5.41) is 4.70. The fraction of sp³-hybridized carbons (Fsp3) is 0.429. The minimum atomic E-state index is -0.218. The minimum absolute atomic E-state index is 0.218. The lowest BCUT2D eigenvalue weighted by Gasteiger charge is -2.16. The Kier molecular flexibility index (Phi) is 5.07.